The van der Waals surface area contributed by atoms with Crippen molar-refractivity contribution >= 4 is 28.1 Å². The van der Waals surface area contributed by atoms with E-state index in [0.29, 0.717) is 17.5 Å². The van der Waals surface area contributed by atoms with Gasteiger partial charge in [-0.25, -0.2) is 0 Å². The largest absolute Gasteiger partial charge is 0.507 e. The van der Waals surface area contributed by atoms with Crippen molar-refractivity contribution in [1.82, 2.24) is 0 Å². The van der Waals surface area contributed by atoms with Crippen LogP contribution in [0.2, 0.25) is 0 Å². The molecule has 0 aromatic heterocycles. The van der Waals surface area contributed by atoms with E-state index in [4.69, 9.17) is 11.6 Å². The Balaban J connectivity index is 2.42. The van der Waals surface area contributed by atoms with E-state index in [1.807, 2.05) is 6.07 Å². The van der Waals surface area contributed by atoms with Crippen LogP contribution in [-0.4, -0.2) is 23.1 Å². The van der Waals surface area contributed by atoms with Crippen LogP contribution in [0.1, 0.15) is 43.4 Å². The highest BCUT2D eigenvalue weighted by atomic mass is 35.5. The number of hydrogen-bond donors (Lipinski definition) is 1. The van der Waals surface area contributed by atoms with E-state index >= 15 is 0 Å². The summed E-state index contributed by atoms with van der Waals surface area (Å²) in [5.41, 5.74) is 4.77. The lowest BCUT2D eigenvalue weighted by molar-refractivity contribution is 0.479. The highest BCUT2D eigenvalue weighted by Crippen LogP contribution is 2.48. The number of aryl methyl sites for hydroxylation is 2. The number of halogens is 1. The predicted octanol–water partition coefficient (Wildman–Crippen LogP) is 5.10. The number of alkyl halides is 1. The van der Waals surface area contributed by atoms with E-state index in [1.54, 1.807) is 0 Å². The summed E-state index contributed by atoms with van der Waals surface area (Å²) in [6.45, 7) is 11.7. The van der Waals surface area contributed by atoms with Crippen LogP contribution in [0.3, 0.4) is 0 Å². The number of phenols is 1. The summed E-state index contributed by atoms with van der Waals surface area (Å²) in [4.78, 5) is 2.37. The van der Waals surface area contributed by atoms with Crippen molar-refractivity contribution in [2.45, 2.75) is 46.1 Å². The van der Waals surface area contributed by atoms with Gasteiger partial charge in [0.2, 0.25) is 0 Å². The Morgan fingerprint density at radius 2 is 1.77 bits per heavy atom. The molecule has 3 heteroatoms. The summed E-state index contributed by atoms with van der Waals surface area (Å²) < 4.78 is 0. The average Bonchev–Trinajstić information content (AvgIpc) is 2.80. The molecule has 1 aliphatic rings. The van der Waals surface area contributed by atoms with Gasteiger partial charge in [0, 0.05) is 41.0 Å². The lowest BCUT2D eigenvalue weighted by atomic mass is 9.90. The van der Waals surface area contributed by atoms with E-state index in [2.05, 4.69) is 51.7 Å². The quantitative estimate of drug-likeness (QED) is 0.739. The molecule has 2 aromatic rings. The Kier molecular flexibility index (Phi) is 3.56. The molecule has 118 valence electrons. The van der Waals surface area contributed by atoms with Crippen molar-refractivity contribution < 1.29 is 5.11 Å². The minimum Gasteiger partial charge on any atom is -0.507 e. The van der Waals surface area contributed by atoms with E-state index in [-0.39, 0.29) is 5.54 Å². The second-order valence-electron chi connectivity index (χ2n) is 7.41. The predicted molar refractivity (Wildman–Crippen MR) is 95.6 cm³/mol. The number of fused-ring (bicyclic) bond motifs is 3. The molecule has 0 amide bonds. The fourth-order valence-corrected chi connectivity index (χ4v) is 3.96. The fraction of sp³-hybridized carbons (Fsp3) is 0.474. The maximum absolute atomic E-state index is 10.6. The summed E-state index contributed by atoms with van der Waals surface area (Å²) in [5.74, 6) is 1.28. The Labute approximate surface area is 137 Å². The van der Waals surface area contributed by atoms with Crippen molar-refractivity contribution in [2.75, 3.05) is 17.3 Å². The first kappa shape index (κ1) is 15.5. The van der Waals surface area contributed by atoms with Gasteiger partial charge < -0.3 is 10.0 Å². The number of benzene rings is 2. The second kappa shape index (κ2) is 5.06. The van der Waals surface area contributed by atoms with Crippen LogP contribution in [0.5, 0.6) is 5.75 Å². The Bertz CT molecular complexity index is 745. The third-order valence-corrected chi connectivity index (χ3v) is 5.17. The number of aromatic hydroxyl groups is 1. The summed E-state index contributed by atoms with van der Waals surface area (Å²) >= 11 is 6.29. The number of phenolic OH excluding ortho intramolecular Hbond substituents is 1. The summed E-state index contributed by atoms with van der Waals surface area (Å²) in [5, 5.41) is 12.8. The standard InChI is InChI=1S/C19H24ClNO/c1-11-6-7-12(2)17-16(11)15(22)8-14-18(17)13(9-20)10-21(14)19(3,4)5/h6-8,13,22H,9-10H2,1-5H3/t13-/m1/s1. The van der Waals surface area contributed by atoms with Gasteiger partial charge in [0.1, 0.15) is 5.75 Å². The zero-order valence-corrected chi connectivity index (χ0v) is 14.8. The van der Waals surface area contributed by atoms with Crippen LogP contribution >= 0.6 is 11.6 Å². The van der Waals surface area contributed by atoms with Crippen LogP contribution < -0.4 is 4.90 Å². The monoisotopic (exact) mass is 317 g/mol. The zero-order chi connectivity index (χ0) is 16.2. The third kappa shape index (κ3) is 2.16. The molecule has 2 nitrogen and oxygen atoms in total. The van der Waals surface area contributed by atoms with Crippen molar-refractivity contribution in [1.29, 1.82) is 0 Å². The van der Waals surface area contributed by atoms with Gasteiger partial charge in [-0.1, -0.05) is 12.1 Å². The van der Waals surface area contributed by atoms with Crippen LogP contribution in [0.25, 0.3) is 10.8 Å². The first-order valence-electron chi connectivity index (χ1n) is 7.85. The molecule has 1 aliphatic heterocycles. The van der Waals surface area contributed by atoms with Crippen LogP contribution in [0.15, 0.2) is 18.2 Å². The lowest BCUT2D eigenvalue weighted by Crippen LogP contribution is -2.40. The number of hydrogen-bond acceptors (Lipinski definition) is 2. The molecule has 0 saturated heterocycles. The van der Waals surface area contributed by atoms with Gasteiger partial charge in [0.25, 0.3) is 0 Å². The zero-order valence-electron chi connectivity index (χ0n) is 14.0. The van der Waals surface area contributed by atoms with E-state index < -0.39 is 0 Å². The SMILES string of the molecule is Cc1ccc(C)c2c3c(cc(O)c12)N(C(C)(C)C)C[C@H]3CCl. The highest BCUT2D eigenvalue weighted by molar-refractivity contribution is 6.19. The first-order valence-corrected chi connectivity index (χ1v) is 8.38. The molecule has 0 spiro atoms. The Hall–Kier alpha value is -1.41. The molecule has 0 radical (unpaired) electrons. The van der Waals surface area contributed by atoms with E-state index in [9.17, 15) is 5.11 Å². The van der Waals surface area contributed by atoms with Gasteiger partial charge in [0.15, 0.2) is 0 Å². The van der Waals surface area contributed by atoms with E-state index in [0.717, 1.165) is 23.2 Å². The molecular weight excluding hydrogens is 294 g/mol. The minimum absolute atomic E-state index is 0.00735. The maximum Gasteiger partial charge on any atom is 0.125 e. The smallest absolute Gasteiger partial charge is 0.125 e. The van der Waals surface area contributed by atoms with Crippen molar-refractivity contribution in [3.63, 3.8) is 0 Å². The Morgan fingerprint density at radius 3 is 2.32 bits per heavy atom. The fourth-order valence-electron chi connectivity index (χ4n) is 3.70. The van der Waals surface area contributed by atoms with Crippen molar-refractivity contribution in [3.8, 4) is 5.75 Å². The molecule has 1 atom stereocenters. The maximum atomic E-state index is 10.6. The molecule has 1 N–H and O–H groups in total. The molecule has 0 saturated carbocycles. The average molecular weight is 318 g/mol. The molecule has 0 unspecified atom stereocenters. The number of rotatable bonds is 1. The van der Waals surface area contributed by atoms with Gasteiger partial charge in [-0.3, -0.25) is 0 Å². The van der Waals surface area contributed by atoms with Gasteiger partial charge in [0.05, 0.1) is 0 Å². The third-order valence-electron chi connectivity index (χ3n) is 4.79. The molecular formula is C19H24ClNO. The van der Waals surface area contributed by atoms with Crippen molar-refractivity contribution in [2.24, 2.45) is 0 Å². The topological polar surface area (TPSA) is 23.5 Å². The van der Waals surface area contributed by atoms with Gasteiger partial charge in [-0.2, -0.15) is 0 Å². The van der Waals surface area contributed by atoms with E-state index in [1.165, 1.54) is 16.5 Å². The molecule has 0 fully saturated rings. The highest BCUT2D eigenvalue weighted by Gasteiger charge is 2.36. The minimum atomic E-state index is 0.00735. The molecule has 1 heterocycles. The van der Waals surface area contributed by atoms with Crippen LogP contribution in [0.4, 0.5) is 5.69 Å². The summed E-state index contributed by atoms with van der Waals surface area (Å²) in [6, 6.07) is 6.15. The van der Waals surface area contributed by atoms with Crippen LogP contribution in [-0.2, 0) is 0 Å². The second-order valence-corrected chi connectivity index (χ2v) is 7.72. The van der Waals surface area contributed by atoms with Gasteiger partial charge in [-0.05, 0) is 56.7 Å². The normalized spacial score (nSPS) is 18.1. The first-order chi connectivity index (χ1) is 10.3. The molecule has 0 aliphatic carbocycles. The van der Waals surface area contributed by atoms with Gasteiger partial charge >= 0.3 is 0 Å². The molecule has 0 bridgehead atoms. The summed E-state index contributed by atoms with van der Waals surface area (Å²) in [7, 11) is 0. The Morgan fingerprint density at radius 1 is 1.18 bits per heavy atom. The number of anilines is 1. The molecule has 2 aromatic carbocycles. The number of nitrogens with zero attached hydrogens (tertiary/aromatic N) is 1. The molecule has 3 rings (SSSR count). The van der Waals surface area contributed by atoms with Gasteiger partial charge in [-0.15, -0.1) is 11.6 Å². The lowest BCUT2D eigenvalue weighted by Gasteiger charge is -2.35. The summed E-state index contributed by atoms with van der Waals surface area (Å²) in [6.07, 6.45) is 0. The van der Waals surface area contributed by atoms with Crippen molar-refractivity contribution in [3.05, 3.63) is 34.9 Å². The van der Waals surface area contributed by atoms with Crippen LogP contribution in [0, 0.1) is 13.8 Å². The molecule has 22 heavy (non-hydrogen) atoms.